The van der Waals surface area contributed by atoms with E-state index in [9.17, 15) is 14.9 Å². The van der Waals surface area contributed by atoms with E-state index in [1.54, 1.807) is 19.1 Å². The minimum absolute atomic E-state index is 0.0359. The van der Waals surface area contributed by atoms with E-state index >= 15 is 0 Å². The highest BCUT2D eigenvalue weighted by Gasteiger charge is 2.17. The molecule has 0 aromatic heterocycles. The summed E-state index contributed by atoms with van der Waals surface area (Å²) in [6.45, 7) is 5.23. The van der Waals surface area contributed by atoms with Gasteiger partial charge in [0.25, 0.3) is 11.6 Å². The Morgan fingerprint density at radius 3 is 2.56 bits per heavy atom. The van der Waals surface area contributed by atoms with Crippen molar-refractivity contribution in [1.82, 2.24) is 10.2 Å². The topological polar surface area (TPSA) is 75.5 Å². The largest absolute Gasteiger partial charge is 0.348 e. The number of carbonyl (C=O) groups is 1. The molecule has 1 amide bonds. The number of nitrogens with one attached hydrogen (secondary N) is 1. The summed E-state index contributed by atoms with van der Waals surface area (Å²) < 4.78 is 0. The molecule has 6 heteroatoms. The van der Waals surface area contributed by atoms with Crippen molar-refractivity contribution >= 4 is 11.6 Å². The number of nitro groups is 1. The molecule has 0 unspecified atom stereocenters. The average Bonchev–Trinajstić information content (AvgIpc) is 2.67. The highest BCUT2D eigenvalue weighted by molar-refractivity contribution is 5.96. The van der Waals surface area contributed by atoms with Gasteiger partial charge in [-0.05, 0) is 50.0 Å². The van der Waals surface area contributed by atoms with Crippen molar-refractivity contribution in [3.63, 3.8) is 0 Å². The Labute approximate surface area is 159 Å². The van der Waals surface area contributed by atoms with Crippen molar-refractivity contribution in [2.75, 3.05) is 13.1 Å². The van der Waals surface area contributed by atoms with Crippen LogP contribution in [0, 0.1) is 17.0 Å². The lowest BCUT2D eigenvalue weighted by Gasteiger charge is -2.26. The fourth-order valence-electron chi connectivity index (χ4n) is 3.56. The minimum atomic E-state index is -0.462. The Kier molecular flexibility index (Phi) is 6.19. The molecular weight excluding hydrogens is 342 g/mol. The summed E-state index contributed by atoms with van der Waals surface area (Å²) in [4.78, 5) is 25.5. The normalized spacial score (nSPS) is 14.7. The molecular formula is C21H25N3O3. The number of likely N-dealkylation sites (tertiary alicyclic amines) is 1. The van der Waals surface area contributed by atoms with Crippen LogP contribution >= 0.6 is 0 Å². The number of rotatable bonds is 6. The molecule has 0 radical (unpaired) electrons. The van der Waals surface area contributed by atoms with Crippen LogP contribution in [0.1, 0.15) is 46.3 Å². The van der Waals surface area contributed by atoms with Crippen molar-refractivity contribution in [2.24, 2.45) is 0 Å². The molecule has 0 spiro atoms. The van der Waals surface area contributed by atoms with Crippen LogP contribution in [0.25, 0.3) is 0 Å². The van der Waals surface area contributed by atoms with Gasteiger partial charge in [0, 0.05) is 30.3 Å². The second-order valence-corrected chi connectivity index (χ2v) is 7.05. The minimum Gasteiger partial charge on any atom is -0.348 e. The van der Waals surface area contributed by atoms with E-state index in [0.717, 1.165) is 25.2 Å². The fraction of sp³-hybridized carbons (Fsp3) is 0.381. The number of benzene rings is 2. The molecule has 0 bridgehead atoms. The Hall–Kier alpha value is -2.73. The molecule has 1 N–H and O–H groups in total. The Morgan fingerprint density at radius 1 is 1.11 bits per heavy atom. The van der Waals surface area contributed by atoms with Crippen LogP contribution in [0.4, 0.5) is 5.69 Å². The van der Waals surface area contributed by atoms with E-state index < -0.39 is 4.92 Å². The Balaban J connectivity index is 1.63. The molecule has 1 heterocycles. The standard InChI is InChI=1S/C21H25N3O3/c1-16-19(9-6-10-20(16)24(26)27)21(25)22-14-17-7-5-8-18(13-17)15-23-11-3-2-4-12-23/h5-10,13H,2-4,11-12,14-15H2,1H3,(H,22,25). The fourth-order valence-corrected chi connectivity index (χ4v) is 3.56. The third kappa shape index (κ3) is 4.92. The summed E-state index contributed by atoms with van der Waals surface area (Å²) in [7, 11) is 0. The third-order valence-electron chi connectivity index (χ3n) is 5.05. The smallest absolute Gasteiger partial charge is 0.273 e. The van der Waals surface area contributed by atoms with Gasteiger partial charge in [0.15, 0.2) is 0 Å². The molecule has 0 saturated carbocycles. The first-order valence-corrected chi connectivity index (χ1v) is 9.37. The molecule has 1 saturated heterocycles. The summed E-state index contributed by atoms with van der Waals surface area (Å²) in [5.74, 6) is -0.294. The van der Waals surface area contributed by atoms with Gasteiger partial charge < -0.3 is 5.32 Å². The maximum absolute atomic E-state index is 12.5. The van der Waals surface area contributed by atoms with E-state index in [2.05, 4.69) is 22.3 Å². The lowest BCUT2D eigenvalue weighted by molar-refractivity contribution is -0.385. The highest BCUT2D eigenvalue weighted by atomic mass is 16.6. The van der Waals surface area contributed by atoms with Gasteiger partial charge in [0.1, 0.15) is 0 Å². The number of nitro benzene ring substituents is 1. The molecule has 1 fully saturated rings. The summed E-state index contributed by atoms with van der Waals surface area (Å²) in [5.41, 5.74) is 2.97. The van der Waals surface area contributed by atoms with Crippen LogP contribution in [-0.2, 0) is 13.1 Å². The SMILES string of the molecule is Cc1c(C(=O)NCc2cccc(CN3CCCCC3)c2)cccc1[N+](=O)[O-]. The molecule has 27 heavy (non-hydrogen) atoms. The number of hydrogen-bond donors (Lipinski definition) is 1. The van der Waals surface area contributed by atoms with Gasteiger partial charge in [-0.15, -0.1) is 0 Å². The van der Waals surface area contributed by atoms with E-state index in [-0.39, 0.29) is 11.6 Å². The first-order valence-electron chi connectivity index (χ1n) is 9.37. The maximum Gasteiger partial charge on any atom is 0.273 e. The first kappa shape index (κ1) is 19.0. The predicted molar refractivity (Wildman–Crippen MR) is 105 cm³/mol. The maximum atomic E-state index is 12.5. The van der Waals surface area contributed by atoms with Crippen LogP contribution in [0.2, 0.25) is 0 Å². The van der Waals surface area contributed by atoms with Crippen molar-refractivity contribution in [3.05, 3.63) is 74.8 Å². The molecule has 0 atom stereocenters. The van der Waals surface area contributed by atoms with Gasteiger partial charge in [-0.25, -0.2) is 0 Å². The van der Waals surface area contributed by atoms with E-state index in [1.807, 2.05) is 12.1 Å². The zero-order valence-corrected chi connectivity index (χ0v) is 15.6. The molecule has 2 aromatic carbocycles. The van der Waals surface area contributed by atoms with Gasteiger partial charge >= 0.3 is 0 Å². The summed E-state index contributed by atoms with van der Waals surface area (Å²) in [5, 5.41) is 13.9. The van der Waals surface area contributed by atoms with Gasteiger partial charge in [0.2, 0.25) is 0 Å². The number of piperidine rings is 1. The summed E-state index contributed by atoms with van der Waals surface area (Å²) in [6.07, 6.45) is 3.84. The second kappa shape index (κ2) is 8.77. The zero-order valence-electron chi connectivity index (χ0n) is 15.6. The van der Waals surface area contributed by atoms with Gasteiger partial charge in [0.05, 0.1) is 4.92 Å². The Morgan fingerprint density at radius 2 is 1.81 bits per heavy atom. The number of nitrogens with zero attached hydrogens (tertiary/aromatic N) is 2. The predicted octanol–water partition coefficient (Wildman–Crippen LogP) is 3.82. The molecule has 6 nitrogen and oxygen atoms in total. The molecule has 1 aliphatic heterocycles. The Bertz CT molecular complexity index is 829. The number of carbonyl (C=O) groups excluding carboxylic acids is 1. The van der Waals surface area contributed by atoms with Crippen LogP contribution < -0.4 is 5.32 Å². The van der Waals surface area contributed by atoms with Crippen molar-refractivity contribution in [2.45, 2.75) is 39.3 Å². The van der Waals surface area contributed by atoms with E-state index in [0.29, 0.717) is 17.7 Å². The van der Waals surface area contributed by atoms with Crippen molar-refractivity contribution in [1.29, 1.82) is 0 Å². The van der Waals surface area contributed by atoms with Gasteiger partial charge in [-0.2, -0.15) is 0 Å². The van der Waals surface area contributed by atoms with E-state index in [4.69, 9.17) is 0 Å². The molecule has 142 valence electrons. The first-order chi connectivity index (χ1) is 13.0. The van der Waals surface area contributed by atoms with Crippen LogP contribution in [-0.4, -0.2) is 28.8 Å². The number of hydrogen-bond acceptors (Lipinski definition) is 4. The lowest BCUT2D eigenvalue weighted by atomic mass is 10.1. The van der Waals surface area contributed by atoms with Crippen LogP contribution in [0.5, 0.6) is 0 Å². The van der Waals surface area contributed by atoms with Gasteiger partial charge in [-0.1, -0.05) is 36.8 Å². The highest BCUT2D eigenvalue weighted by Crippen LogP contribution is 2.21. The van der Waals surface area contributed by atoms with Crippen LogP contribution in [0.15, 0.2) is 42.5 Å². The monoisotopic (exact) mass is 367 g/mol. The van der Waals surface area contributed by atoms with E-state index in [1.165, 1.54) is 30.9 Å². The number of amides is 1. The third-order valence-corrected chi connectivity index (χ3v) is 5.05. The molecule has 3 rings (SSSR count). The lowest BCUT2D eigenvalue weighted by Crippen LogP contribution is -2.29. The molecule has 1 aliphatic rings. The van der Waals surface area contributed by atoms with Crippen molar-refractivity contribution < 1.29 is 9.72 Å². The van der Waals surface area contributed by atoms with Crippen LogP contribution in [0.3, 0.4) is 0 Å². The quantitative estimate of drug-likeness (QED) is 0.622. The summed E-state index contributed by atoms with van der Waals surface area (Å²) in [6, 6.07) is 12.8. The average molecular weight is 367 g/mol. The van der Waals surface area contributed by atoms with Gasteiger partial charge in [-0.3, -0.25) is 19.8 Å². The molecule has 0 aliphatic carbocycles. The summed E-state index contributed by atoms with van der Waals surface area (Å²) >= 11 is 0. The van der Waals surface area contributed by atoms with Crippen molar-refractivity contribution in [3.8, 4) is 0 Å². The second-order valence-electron chi connectivity index (χ2n) is 7.05. The molecule has 2 aromatic rings. The zero-order chi connectivity index (χ0) is 19.2.